The average Bonchev–Trinajstić information content (AvgIpc) is 2.47. The van der Waals surface area contributed by atoms with Crippen LogP contribution in [0.25, 0.3) is 0 Å². The van der Waals surface area contributed by atoms with Gasteiger partial charge in [-0.05, 0) is 26.7 Å². The average molecular weight is 316 g/mol. The SMILES string of the molecule is C=CC(=O)OC(C)CCOC(C)CC(CC)(COC)COC. The highest BCUT2D eigenvalue weighted by Crippen LogP contribution is 2.30. The Hall–Kier alpha value is -0.910. The second-order valence-electron chi connectivity index (χ2n) is 5.85. The van der Waals surface area contributed by atoms with Crippen molar-refractivity contribution < 1.29 is 23.7 Å². The molecule has 0 rings (SSSR count). The third-order valence-electron chi connectivity index (χ3n) is 3.78. The van der Waals surface area contributed by atoms with Crippen LogP contribution in [-0.2, 0) is 23.7 Å². The first-order valence-corrected chi connectivity index (χ1v) is 7.85. The van der Waals surface area contributed by atoms with Crippen LogP contribution in [0.4, 0.5) is 0 Å². The number of esters is 1. The zero-order valence-corrected chi connectivity index (χ0v) is 14.7. The van der Waals surface area contributed by atoms with Crippen molar-refractivity contribution in [1.82, 2.24) is 0 Å². The van der Waals surface area contributed by atoms with Gasteiger partial charge in [0, 0.05) is 32.1 Å². The van der Waals surface area contributed by atoms with E-state index in [4.69, 9.17) is 18.9 Å². The lowest BCUT2D eigenvalue weighted by molar-refractivity contribution is -0.143. The van der Waals surface area contributed by atoms with E-state index in [1.807, 2.05) is 6.92 Å². The molecule has 0 aromatic carbocycles. The summed E-state index contributed by atoms with van der Waals surface area (Å²) in [4.78, 5) is 11.1. The van der Waals surface area contributed by atoms with E-state index < -0.39 is 5.97 Å². The summed E-state index contributed by atoms with van der Waals surface area (Å²) in [6.07, 6.45) is 3.59. The molecule has 0 saturated carbocycles. The van der Waals surface area contributed by atoms with Crippen molar-refractivity contribution in [2.75, 3.05) is 34.0 Å². The minimum Gasteiger partial charge on any atom is -0.459 e. The predicted octanol–water partition coefficient (Wildman–Crippen LogP) is 2.98. The van der Waals surface area contributed by atoms with Crippen LogP contribution in [-0.4, -0.2) is 52.2 Å². The normalized spacial score (nSPS) is 14.4. The lowest BCUT2D eigenvalue weighted by Crippen LogP contribution is -2.35. The number of carbonyl (C=O) groups is 1. The Balaban J connectivity index is 4.21. The third kappa shape index (κ3) is 8.51. The molecule has 2 atom stereocenters. The fraction of sp³-hybridized carbons (Fsp3) is 0.824. The standard InChI is InChI=1S/C17H32O5/c1-7-16(18)22-14(3)9-10-21-15(4)11-17(8-2,12-19-5)13-20-6/h7,14-15H,1,8-13H2,2-6H3. The Labute approximate surface area is 135 Å². The molecule has 0 aliphatic rings. The smallest absolute Gasteiger partial charge is 0.330 e. The Morgan fingerprint density at radius 2 is 1.77 bits per heavy atom. The maximum atomic E-state index is 11.1. The molecule has 0 saturated heterocycles. The zero-order chi connectivity index (χ0) is 17.0. The van der Waals surface area contributed by atoms with E-state index >= 15 is 0 Å². The van der Waals surface area contributed by atoms with Gasteiger partial charge in [-0.1, -0.05) is 13.5 Å². The fourth-order valence-electron chi connectivity index (χ4n) is 2.53. The molecule has 0 radical (unpaired) electrons. The van der Waals surface area contributed by atoms with Crippen molar-refractivity contribution in [2.24, 2.45) is 5.41 Å². The molecule has 0 aromatic rings. The maximum absolute atomic E-state index is 11.1. The summed E-state index contributed by atoms with van der Waals surface area (Å²) in [6.45, 7) is 11.3. The van der Waals surface area contributed by atoms with Gasteiger partial charge >= 0.3 is 5.97 Å². The summed E-state index contributed by atoms with van der Waals surface area (Å²) in [5.74, 6) is -0.397. The van der Waals surface area contributed by atoms with E-state index in [0.717, 1.165) is 12.8 Å². The minimum absolute atomic E-state index is 0.0240. The summed E-state index contributed by atoms with van der Waals surface area (Å²) in [7, 11) is 3.42. The van der Waals surface area contributed by atoms with Gasteiger partial charge < -0.3 is 18.9 Å². The van der Waals surface area contributed by atoms with E-state index in [0.29, 0.717) is 26.2 Å². The Morgan fingerprint density at radius 1 is 1.18 bits per heavy atom. The molecule has 0 N–H and O–H groups in total. The van der Waals surface area contributed by atoms with Gasteiger partial charge in [-0.2, -0.15) is 0 Å². The van der Waals surface area contributed by atoms with Crippen LogP contribution in [0, 0.1) is 5.41 Å². The molecule has 130 valence electrons. The van der Waals surface area contributed by atoms with Crippen LogP contribution in [0.3, 0.4) is 0 Å². The quantitative estimate of drug-likeness (QED) is 0.386. The molecular formula is C17H32O5. The predicted molar refractivity (Wildman–Crippen MR) is 86.9 cm³/mol. The topological polar surface area (TPSA) is 54.0 Å². The summed E-state index contributed by atoms with van der Waals surface area (Å²) < 4.78 is 21.6. The molecule has 22 heavy (non-hydrogen) atoms. The van der Waals surface area contributed by atoms with Crippen LogP contribution < -0.4 is 0 Å². The van der Waals surface area contributed by atoms with Gasteiger partial charge in [-0.15, -0.1) is 0 Å². The van der Waals surface area contributed by atoms with Gasteiger partial charge in [0.25, 0.3) is 0 Å². The summed E-state index contributed by atoms with van der Waals surface area (Å²) in [5.41, 5.74) is -0.0240. The number of hydrogen-bond donors (Lipinski definition) is 0. The second kappa shape index (κ2) is 11.6. The van der Waals surface area contributed by atoms with Crippen molar-refractivity contribution in [1.29, 1.82) is 0 Å². The van der Waals surface area contributed by atoms with Gasteiger partial charge in [-0.3, -0.25) is 0 Å². The van der Waals surface area contributed by atoms with Crippen LogP contribution in [0.2, 0.25) is 0 Å². The molecule has 0 spiro atoms. The molecule has 0 fully saturated rings. The van der Waals surface area contributed by atoms with Gasteiger partial charge in [0.1, 0.15) is 6.10 Å². The first-order valence-electron chi connectivity index (χ1n) is 7.85. The number of ether oxygens (including phenoxy) is 4. The van der Waals surface area contributed by atoms with E-state index in [1.165, 1.54) is 6.08 Å². The first kappa shape index (κ1) is 21.1. The molecule has 0 aliphatic carbocycles. The van der Waals surface area contributed by atoms with Gasteiger partial charge in [-0.25, -0.2) is 4.79 Å². The lowest BCUT2D eigenvalue weighted by atomic mass is 9.81. The third-order valence-corrected chi connectivity index (χ3v) is 3.78. The van der Waals surface area contributed by atoms with Crippen molar-refractivity contribution in [2.45, 2.75) is 52.2 Å². The summed E-state index contributed by atoms with van der Waals surface area (Å²) >= 11 is 0. The van der Waals surface area contributed by atoms with E-state index in [2.05, 4.69) is 20.4 Å². The highest BCUT2D eigenvalue weighted by atomic mass is 16.5. The van der Waals surface area contributed by atoms with Crippen LogP contribution >= 0.6 is 0 Å². The highest BCUT2D eigenvalue weighted by molar-refractivity contribution is 5.81. The van der Waals surface area contributed by atoms with Crippen LogP contribution in [0.15, 0.2) is 12.7 Å². The molecule has 0 bridgehead atoms. The fourth-order valence-corrected chi connectivity index (χ4v) is 2.53. The van der Waals surface area contributed by atoms with Gasteiger partial charge in [0.15, 0.2) is 0 Å². The molecule has 5 heteroatoms. The maximum Gasteiger partial charge on any atom is 0.330 e. The summed E-state index contributed by atoms with van der Waals surface area (Å²) in [6, 6.07) is 0. The molecule has 0 amide bonds. The monoisotopic (exact) mass is 316 g/mol. The molecule has 2 unspecified atom stereocenters. The summed E-state index contributed by atoms with van der Waals surface area (Å²) in [5, 5.41) is 0. The van der Waals surface area contributed by atoms with E-state index in [-0.39, 0.29) is 17.6 Å². The van der Waals surface area contributed by atoms with E-state index in [1.54, 1.807) is 14.2 Å². The van der Waals surface area contributed by atoms with E-state index in [9.17, 15) is 4.79 Å². The van der Waals surface area contributed by atoms with Crippen molar-refractivity contribution >= 4 is 5.97 Å². The zero-order valence-electron chi connectivity index (χ0n) is 14.7. The minimum atomic E-state index is -0.397. The Kier molecular flexibility index (Phi) is 11.1. The van der Waals surface area contributed by atoms with Gasteiger partial charge in [0.2, 0.25) is 0 Å². The Bertz CT molecular complexity index is 310. The lowest BCUT2D eigenvalue weighted by Gasteiger charge is -2.33. The van der Waals surface area contributed by atoms with Crippen LogP contribution in [0.1, 0.15) is 40.0 Å². The van der Waals surface area contributed by atoms with Crippen molar-refractivity contribution in [3.05, 3.63) is 12.7 Å². The highest BCUT2D eigenvalue weighted by Gasteiger charge is 2.30. The number of rotatable bonds is 13. The number of methoxy groups -OCH3 is 2. The Morgan fingerprint density at radius 3 is 2.23 bits per heavy atom. The molecule has 0 heterocycles. The molecule has 0 aliphatic heterocycles. The number of carbonyl (C=O) groups excluding carboxylic acids is 1. The van der Waals surface area contributed by atoms with Crippen LogP contribution in [0.5, 0.6) is 0 Å². The molecule has 5 nitrogen and oxygen atoms in total. The van der Waals surface area contributed by atoms with Crippen molar-refractivity contribution in [3.63, 3.8) is 0 Å². The number of hydrogen-bond acceptors (Lipinski definition) is 5. The van der Waals surface area contributed by atoms with Crippen molar-refractivity contribution in [3.8, 4) is 0 Å². The molecule has 0 aromatic heterocycles. The second-order valence-corrected chi connectivity index (χ2v) is 5.85. The molecular weight excluding hydrogens is 284 g/mol. The first-order chi connectivity index (χ1) is 10.4. The van der Waals surface area contributed by atoms with Gasteiger partial charge in [0.05, 0.1) is 25.9 Å². The largest absolute Gasteiger partial charge is 0.459 e.